The van der Waals surface area contributed by atoms with Crippen LogP contribution in [0.4, 0.5) is 0 Å². The van der Waals surface area contributed by atoms with E-state index in [1.807, 2.05) is 55.5 Å². The molecule has 0 bridgehead atoms. The zero-order valence-corrected chi connectivity index (χ0v) is 22.4. The summed E-state index contributed by atoms with van der Waals surface area (Å²) in [6.45, 7) is 9.95. The number of carbonyl (C=O) groups is 1. The summed E-state index contributed by atoms with van der Waals surface area (Å²) in [5, 5.41) is 0. The molecule has 6 nitrogen and oxygen atoms in total. The van der Waals surface area contributed by atoms with Crippen LogP contribution in [0.5, 0.6) is 0 Å². The minimum absolute atomic E-state index is 0.173. The number of allylic oxidation sites excluding steroid dienone is 1. The first-order chi connectivity index (χ1) is 17.8. The van der Waals surface area contributed by atoms with E-state index in [9.17, 15) is 9.59 Å². The number of fused-ring (bicyclic) bond motifs is 1. The van der Waals surface area contributed by atoms with E-state index in [-0.39, 0.29) is 12.2 Å². The van der Waals surface area contributed by atoms with Crippen molar-refractivity contribution >= 4 is 23.4 Å². The molecule has 0 radical (unpaired) electrons. The molecule has 2 aromatic heterocycles. The van der Waals surface area contributed by atoms with Crippen LogP contribution in [0.3, 0.4) is 0 Å². The number of aryl methyl sites for hydroxylation is 2. The molecule has 0 unspecified atom stereocenters. The number of carbonyl (C=O) groups excluding carboxylic acids is 1. The molecule has 1 aliphatic heterocycles. The molecular weight excluding hydrogens is 482 g/mol. The van der Waals surface area contributed by atoms with Gasteiger partial charge in [0, 0.05) is 17.1 Å². The number of rotatable bonds is 5. The molecule has 7 heteroatoms. The molecule has 37 heavy (non-hydrogen) atoms. The van der Waals surface area contributed by atoms with E-state index < -0.39 is 12.0 Å². The van der Waals surface area contributed by atoms with Gasteiger partial charge in [-0.1, -0.05) is 59.4 Å². The highest BCUT2D eigenvalue weighted by atomic mass is 32.1. The molecule has 3 heterocycles. The lowest BCUT2D eigenvalue weighted by Gasteiger charge is -2.24. The molecule has 0 N–H and O–H groups in total. The second-order valence-electron chi connectivity index (χ2n) is 9.21. The molecular formula is C30H29N3O3S. The Morgan fingerprint density at radius 2 is 1.76 bits per heavy atom. The number of benzene rings is 2. The summed E-state index contributed by atoms with van der Waals surface area (Å²) in [4.78, 5) is 32.2. The van der Waals surface area contributed by atoms with Gasteiger partial charge in [0.15, 0.2) is 4.80 Å². The van der Waals surface area contributed by atoms with Gasteiger partial charge in [0.05, 0.1) is 28.5 Å². The molecule has 0 aliphatic carbocycles. The first kappa shape index (κ1) is 24.7. The van der Waals surface area contributed by atoms with Crippen LogP contribution in [0.1, 0.15) is 48.0 Å². The van der Waals surface area contributed by atoms with Gasteiger partial charge in [0.1, 0.15) is 0 Å². The Hall–Kier alpha value is -3.97. The highest BCUT2D eigenvalue weighted by Crippen LogP contribution is 2.31. The minimum atomic E-state index is -0.602. The Morgan fingerprint density at radius 1 is 1.05 bits per heavy atom. The molecule has 0 fully saturated rings. The fourth-order valence-corrected chi connectivity index (χ4v) is 5.94. The van der Waals surface area contributed by atoms with Crippen molar-refractivity contribution in [1.29, 1.82) is 0 Å². The van der Waals surface area contributed by atoms with E-state index in [0.717, 1.165) is 33.8 Å². The molecule has 0 amide bonds. The molecule has 0 saturated carbocycles. The third kappa shape index (κ3) is 4.40. The lowest BCUT2D eigenvalue weighted by molar-refractivity contribution is -0.139. The van der Waals surface area contributed by atoms with Gasteiger partial charge in [-0.2, -0.15) is 0 Å². The van der Waals surface area contributed by atoms with E-state index in [1.165, 1.54) is 11.3 Å². The Kier molecular flexibility index (Phi) is 6.56. The van der Waals surface area contributed by atoms with Crippen molar-refractivity contribution in [2.75, 3.05) is 6.61 Å². The van der Waals surface area contributed by atoms with Crippen molar-refractivity contribution in [1.82, 2.24) is 9.13 Å². The molecule has 2 aromatic carbocycles. The van der Waals surface area contributed by atoms with E-state index in [2.05, 4.69) is 41.6 Å². The maximum absolute atomic E-state index is 13.9. The molecule has 5 rings (SSSR count). The number of aromatic nitrogens is 2. The van der Waals surface area contributed by atoms with Crippen LogP contribution in [-0.2, 0) is 9.53 Å². The first-order valence-corrected chi connectivity index (χ1v) is 13.1. The van der Waals surface area contributed by atoms with E-state index in [4.69, 9.17) is 4.74 Å². The molecule has 1 aliphatic rings. The normalized spacial score (nSPS) is 15.5. The van der Waals surface area contributed by atoms with Gasteiger partial charge in [-0.25, -0.2) is 9.79 Å². The molecule has 4 aromatic rings. The highest BCUT2D eigenvalue weighted by Gasteiger charge is 2.33. The van der Waals surface area contributed by atoms with Gasteiger partial charge < -0.3 is 9.30 Å². The largest absolute Gasteiger partial charge is 0.463 e. The SMILES string of the molecule is CCOC(=O)C1=C(C)N=c2s/c(=C\c3cc(C)n(-c4ccccc4)c3C)c(=O)n2[C@@H]1c1ccc(C)cc1. The number of esters is 1. The lowest BCUT2D eigenvalue weighted by Crippen LogP contribution is -2.39. The van der Waals surface area contributed by atoms with Crippen LogP contribution in [0, 0.1) is 20.8 Å². The van der Waals surface area contributed by atoms with Gasteiger partial charge in [0.2, 0.25) is 0 Å². The molecule has 0 spiro atoms. The number of hydrogen-bond acceptors (Lipinski definition) is 5. The fourth-order valence-electron chi connectivity index (χ4n) is 4.91. The number of thiazole rings is 1. The number of ether oxygens (including phenoxy) is 1. The van der Waals surface area contributed by atoms with Crippen molar-refractivity contribution in [2.24, 2.45) is 4.99 Å². The van der Waals surface area contributed by atoms with Gasteiger partial charge in [-0.3, -0.25) is 9.36 Å². The van der Waals surface area contributed by atoms with Crippen LogP contribution in [0.25, 0.3) is 11.8 Å². The second kappa shape index (κ2) is 9.82. The predicted octanol–water partition coefficient (Wildman–Crippen LogP) is 4.51. The Labute approximate surface area is 219 Å². The quantitative estimate of drug-likeness (QED) is 0.370. The topological polar surface area (TPSA) is 65.6 Å². The van der Waals surface area contributed by atoms with Gasteiger partial charge in [-0.15, -0.1) is 0 Å². The smallest absolute Gasteiger partial charge is 0.338 e. The van der Waals surface area contributed by atoms with Gasteiger partial charge in [-0.05, 0) is 70.0 Å². The Bertz CT molecular complexity index is 1700. The van der Waals surface area contributed by atoms with Gasteiger partial charge >= 0.3 is 5.97 Å². The predicted molar refractivity (Wildman–Crippen MR) is 147 cm³/mol. The number of hydrogen-bond donors (Lipinski definition) is 0. The van der Waals surface area contributed by atoms with Crippen LogP contribution < -0.4 is 14.9 Å². The average Bonchev–Trinajstić information content (AvgIpc) is 3.33. The van der Waals surface area contributed by atoms with Crippen LogP contribution >= 0.6 is 11.3 Å². The van der Waals surface area contributed by atoms with E-state index in [1.54, 1.807) is 18.4 Å². The maximum Gasteiger partial charge on any atom is 0.338 e. The summed E-state index contributed by atoms with van der Waals surface area (Å²) >= 11 is 1.34. The Balaban J connectivity index is 1.70. The molecule has 1 atom stereocenters. The summed E-state index contributed by atoms with van der Waals surface area (Å²) in [5.74, 6) is -0.449. The zero-order valence-electron chi connectivity index (χ0n) is 21.6. The molecule has 188 valence electrons. The minimum Gasteiger partial charge on any atom is -0.463 e. The van der Waals surface area contributed by atoms with E-state index >= 15 is 0 Å². The summed E-state index contributed by atoms with van der Waals surface area (Å²) < 4.78 is 9.77. The molecule has 0 saturated heterocycles. The van der Waals surface area contributed by atoms with Crippen molar-refractivity contribution in [2.45, 2.75) is 40.7 Å². The summed E-state index contributed by atoms with van der Waals surface area (Å²) in [5.41, 5.74) is 6.92. The standard InChI is InChI=1S/C30H29N3O3S/c1-6-36-29(35)26-20(4)31-30-33(27(26)22-14-12-18(2)13-15-22)28(34)25(37-30)17-23-16-19(3)32(21(23)5)24-10-8-7-9-11-24/h7-17,27H,6H2,1-5H3/b25-17-/t27-/m1/s1. The van der Waals surface area contributed by atoms with E-state index in [0.29, 0.717) is 20.6 Å². The summed E-state index contributed by atoms with van der Waals surface area (Å²) in [7, 11) is 0. The zero-order chi connectivity index (χ0) is 26.3. The van der Waals surface area contributed by atoms with Crippen LogP contribution in [-0.4, -0.2) is 21.7 Å². The number of para-hydroxylation sites is 1. The average molecular weight is 512 g/mol. The number of nitrogens with zero attached hydrogens (tertiary/aromatic N) is 3. The third-order valence-electron chi connectivity index (χ3n) is 6.68. The van der Waals surface area contributed by atoms with Crippen molar-refractivity contribution < 1.29 is 9.53 Å². The van der Waals surface area contributed by atoms with Crippen LogP contribution in [0.15, 0.2) is 81.7 Å². The van der Waals surface area contributed by atoms with Crippen molar-refractivity contribution in [3.8, 4) is 5.69 Å². The monoisotopic (exact) mass is 511 g/mol. The fraction of sp³-hybridized carbons (Fsp3) is 0.233. The summed E-state index contributed by atoms with van der Waals surface area (Å²) in [6.07, 6.45) is 1.93. The third-order valence-corrected chi connectivity index (χ3v) is 7.66. The first-order valence-electron chi connectivity index (χ1n) is 12.3. The van der Waals surface area contributed by atoms with Crippen molar-refractivity contribution in [3.05, 3.63) is 120 Å². The highest BCUT2D eigenvalue weighted by molar-refractivity contribution is 7.07. The summed E-state index contributed by atoms with van der Waals surface area (Å²) in [6, 6.07) is 19.5. The van der Waals surface area contributed by atoms with Crippen molar-refractivity contribution in [3.63, 3.8) is 0 Å². The Morgan fingerprint density at radius 3 is 2.43 bits per heavy atom. The lowest BCUT2D eigenvalue weighted by atomic mass is 9.95. The van der Waals surface area contributed by atoms with Gasteiger partial charge in [0.25, 0.3) is 5.56 Å². The maximum atomic E-state index is 13.9. The second-order valence-corrected chi connectivity index (χ2v) is 10.2. The van der Waals surface area contributed by atoms with Crippen LogP contribution in [0.2, 0.25) is 0 Å².